The van der Waals surface area contributed by atoms with Crippen LogP contribution in [0.15, 0.2) is 29.3 Å². The summed E-state index contributed by atoms with van der Waals surface area (Å²) in [5.74, 6) is 0.574. The van der Waals surface area contributed by atoms with Crippen LogP contribution in [0.1, 0.15) is 30.9 Å². The number of likely N-dealkylation sites (tertiary alicyclic amines) is 1. The van der Waals surface area contributed by atoms with E-state index in [0.717, 1.165) is 30.9 Å². The second-order valence-corrected chi connectivity index (χ2v) is 5.75. The number of nitrogens with one attached hydrogen (secondary N) is 1. The third-order valence-electron chi connectivity index (χ3n) is 4.09. The number of carbonyl (C=O) groups is 1. The van der Waals surface area contributed by atoms with Gasteiger partial charge >= 0.3 is 5.97 Å². The number of esters is 1. The van der Waals surface area contributed by atoms with Gasteiger partial charge in [-0.1, -0.05) is 12.1 Å². The van der Waals surface area contributed by atoms with Gasteiger partial charge in [-0.2, -0.15) is 5.26 Å². The first-order valence-electron chi connectivity index (χ1n) is 8.29. The molecule has 0 bridgehead atoms. The molecule has 0 amide bonds. The average Bonchev–Trinajstić information content (AvgIpc) is 2.63. The number of aliphatic imine (C=N–C) groups is 1. The minimum atomic E-state index is -0.121. The van der Waals surface area contributed by atoms with E-state index >= 15 is 0 Å². The van der Waals surface area contributed by atoms with E-state index in [0.29, 0.717) is 25.3 Å². The molecule has 1 aliphatic rings. The average molecular weight is 328 g/mol. The fourth-order valence-electron chi connectivity index (χ4n) is 2.83. The highest BCUT2D eigenvalue weighted by atomic mass is 16.5. The highest BCUT2D eigenvalue weighted by Gasteiger charge is 2.28. The third-order valence-corrected chi connectivity index (χ3v) is 4.09. The number of hydrogen-bond donors (Lipinski definition) is 1. The Morgan fingerprint density at radius 3 is 2.83 bits per heavy atom. The maximum absolute atomic E-state index is 12.0. The zero-order valence-corrected chi connectivity index (χ0v) is 14.3. The van der Waals surface area contributed by atoms with Gasteiger partial charge in [-0.3, -0.25) is 9.79 Å². The Hall–Kier alpha value is -2.55. The van der Waals surface area contributed by atoms with E-state index in [2.05, 4.69) is 21.3 Å². The standard InChI is InChI=1S/C18H24N4O2/c1-3-24-17(23)16-5-4-10-22(13-16)18(20-2)21-12-15-8-6-14(11-19)7-9-15/h6-9,16H,3-5,10,12-13H2,1-2H3,(H,20,21). The van der Waals surface area contributed by atoms with Gasteiger partial charge in [-0.05, 0) is 37.5 Å². The molecule has 6 heteroatoms. The van der Waals surface area contributed by atoms with Crippen molar-refractivity contribution < 1.29 is 9.53 Å². The lowest BCUT2D eigenvalue weighted by Gasteiger charge is -2.34. The molecule has 0 radical (unpaired) electrons. The van der Waals surface area contributed by atoms with E-state index in [9.17, 15) is 4.79 Å². The van der Waals surface area contributed by atoms with Gasteiger partial charge in [-0.25, -0.2) is 0 Å². The first kappa shape index (κ1) is 17.8. The molecule has 1 aromatic rings. The number of piperidine rings is 1. The summed E-state index contributed by atoms with van der Waals surface area (Å²) in [7, 11) is 1.75. The lowest BCUT2D eigenvalue weighted by molar-refractivity contribution is -0.149. The van der Waals surface area contributed by atoms with Gasteiger partial charge in [0.05, 0.1) is 24.2 Å². The minimum Gasteiger partial charge on any atom is -0.466 e. The molecular weight excluding hydrogens is 304 g/mol. The van der Waals surface area contributed by atoms with E-state index < -0.39 is 0 Å². The van der Waals surface area contributed by atoms with Gasteiger partial charge in [-0.15, -0.1) is 0 Å². The first-order valence-corrected chi connectivity index (χ1v) is 8.29. The second-order valence-electron chi connectivity index (χ2n) is 5.75. The summed E-state index contributed by atoms with van der Waals surface area (Å²) in [5.41, 5.74) is 1.73. The quantitative estimate of drug-likeness (QED) is 0.519. The molecule has 128 valence electrons. The zero-order chi connectivity index (χ0) is 17.4. The highest BCUT2D eigenvalue weighted by Crippen LogP contribution is 2.18. The summed E-state index contributed by atoms with van der Waals surface area (Å²) < 4.78 is 5.14. The second kappa shape index (κ2) is 8.92. The molecule has 0 spiro atoms. The van der Waals surface area contributed by atoms with Gasteiger partial charge in [0.2, 0.25) is 0 Å². The van der Waals surface area contributed by atoms with Crippen LogP contribution in [0.25, 0.3) is 0 Å². The Labute approximate surface area is 143 Å². The summed E-state index contributed by atoms with van der Waals surface area (Å²) in [5, 5.41) is 12.2. The van der Waals surface area contributed by atoms with Gasteiger partial charge in [0, 0.05) is 26.7 Å². The number of nitrogens with zero attached hydrogens (tertiary/aromatic N) is 3. The molecule has 6 nitrogen and oxygen atoms in total. The monoisotopic (exact) mass is 328 g/mol. The van der Waals surface area contributed by atoms with Crippen molar-refractivity contribution in [3.8, 4) is 6.07 Å². The Morgan fingerprint density at radius 2 is 2.21 bits per heavy atom. The lowest BCUT2D eigenvalue weighted by atomic mass is 9.98. The van der Waals surface area contributed by atoms with Crippen LogP contribution in [0.2, 0.25) is 0 Å². The van der Waals surface area contributed by atoms with Crippen LogP contribution in [0, 0.1) is 17.2 Å². The number of ether oxygens (including phenoxy) is 1. The lowest BCUT2D eigenvalue weighted by Crippen LogP contribution is -2.48. The molecule has 1 saturated heterocycles. The first-order chi connectivity index (χ1) is 11.7. The van der Waals surface area contributed by atoms with Gasteiger partial charge in [0.25, 0.3) is 0 Å². The topological polar surface area (TPSA) is 77.7 Å². The maximum Gasteiger partial charge on any atom is 0.310 e. The number of guanidine groups is 1. The predicted octanol–water partition coefficient (Wildman–Crippen LogP) is 1.91. The van der Waals surface area contributed by atoms with Crippen LogP contribution in [0.3, 0.4) is 0 Å². The van der Waals surface area contributed by atoms with Crippen molar-refractivity contribution in [3.63, 3.8) is 0 Å². The summed E-state index contributed by atoms with van der Waals surface area (Å²) >= 11 is 0. The van der Waals surface area contributed by atoms with Crippen LogP contribution in [0.5, 0.6) is 0 Å². The van der Waals surface area contributed by atoms with Gasteiger partial charge in [0.1, 0.15) is 0 Å². The molecule has 1 heterocycles. The molecule has 1 aromatic carbocycles. The molecule has 1 aliphatic heterocycles. The molecule has 1 N–H and O–H groups in total. The Morgan fingerprint density at radius 1 is 1.46 bits per heavy atom. The maximum atomic E-state index is 12.0. The number of nitriles is 1. The van der Waals surface area contributed by atoms with Crippen LogP contribution in [0.4, 0.5) is 0 Å². The molecule has 1 fully saturated rings. The van der Waals surface area contributed by atoms with Crippen LogP contribution < -0.4 is 5.32 Å². The normalized spacial score (nSPS) is 18.0. The highest BCUT2D eigenvalue weighted by molar-refractivity contribution is 5.81. The van der Waals surface area contributed by atoms with Gasteiger partial charge < -0.3 is 15.0 Å². The van der Waals surface area contributed by atoms with Crippen LogP contribution in [-0.4, -0.2) is 43.6 Å². The summed E-state index contributed by atoms with van der Waals surface area (Å²) in [6, 6.07) is 9.57. The summed E-state index contributed by atoms with van der Waals surface area (Å²) in [6.07, 6.45) is 1.81. The Balaban J connectivity index is 1.92. The molecule has 1 unspecified atom stereocenters. The van der Waals surface area contributed by atoms with Crippen molar-refractivity contribution in [3.05, 3.63) is 35.4 Å². The predicted molar refractivity (Wildman–Crippen MR) is 92.3 cm³/mol. The number of rotatable bonds is 4. The largest absolute Gasteiger partial charge is 0.466 e. The van der Waals surface area contributed by atoms with Crippen molar-refractivity contribution >= 4 is 11.9 Å². The number of benzene rings is 1. The van der Waals surface area contributed by atoms with E-state index in [-0.39, 0.29) is 11.9 Å². The number of carbonyl (C=O) groups excluding carboxylic acids is 1. The molecule has 0 aromatic heterocycles. The van der Waals surface area contributed by atoms with E-state index in [1.165, 1.54) is 0 Å². The van der Waals surface area contributed by atoms with Crippen LogP contribution >= 0.6 is 0 Å². The molecule has 0 saturated carbocycles. The van der Waals surface area contributed by atoms with Gasteiger partial charge in [0.15, 0.2) is 5.96 Å². The van der Waals surface area contributed by atoms with Crippen molar-refractivity contribution in [2.24, 2.45) is 10.9 Å². The zero-order valence-electron chi connectivity index (χ0n) is 14.3. The van der Waals surface area contributed by atoms with Crippen molar-refractivity contribution in [2.75, 3.05) is 26.7 Å². The SMILES string of the molecule is CCOC(=O)C1CCCN(C(=NC)NCc2ccc(C#N)cc2)C1. The minimum absolute atomic E-state index is 0.0906. The van der Waals surface area contributed by atoms with Crippen molar-refractivity contribution in [2.45, 2.75) is 26.3 Å². The molecular formula is C18H24N4O2. The third kappa shape index (κ3) is 4.72. The summed E-state index contributed by atoms with van der Waals surface area (Å²) in [4.78, 5) is 18.4. The smallest absolute Gasteiger partial charge is 0.310 e. The van der Waals surface area contributed by atoms with E-state index in [1.54, 1.807) is 19.2 Å². The Kier molecular flexibility index (Phi) is 6.62. The molecule has 2 rings (SSSR count). The number of hydrogen-bond acceptors (Lipinski definition) is 4. The van der Waals surface area contributed by atoms with Crippen molar-refractivity contribution in [1.82, 2.24) is 10.2 Å². The van der Waals surface area contributed by atoms with Crippen LogP contribution in [-0.2, 0) is 16.1 Å². The molecule has 1 atom stereocenters. The Bertz CT molecular complexity index is 619. The summed E-state index contributed by atoms with van der Waals surface area (Å²) in [6.45, 7) is 4.38. The van der Waals surface area contributed by atoms with E-state index in [4.69, 9.17) is 10.00 Å². The molecule has 24 heavy (non-hydrogen) atoms. The molecule has 0 aliphatic carbocycles. The fourth-order valence-corrected chi connectivity index (χ4v) is 2.83. The fraction of sp³-hybridized carbons (Fsp3) is 0.500. The van der Waals surface area contributed by atoms with E-state index in [1.807, 2.05) is 19.1 Å². The van der Waals surface area contributed by atoms with Crippen molar-refractivity contribution in [1.29, 1.82) is 5.26 Å².